The summed E-state index contributed by atoms with van der Waals surface area (Å²) in [6.45, 7) is 0.174. The minimum absolute atomic E-state index is 0.174. The van der Waals surface area contributed by atoms with E-state index >= 15 is 0 Å². The number of carbonyl (C=O) groups excluding carboxylic acids is 1. The van der Waals surface area contributed by atoms with Crippen LogP contribution in [0.1, 0.15) is 21.5 Å². The van der Waals surface area contributed by atoms with Gasteiger partial charge in [0.15, 0.2) is 0 Å². The number of sulfonamides is 1. The number of ether oxygens (including phenoxy) is 1. The van der Waals surface area contributed by atoms with Crippen LogP contribution in [-0.2, 0) is 21.3 Å². The molecule has 0 fully saturated rings. The lowest BCUT2D eigenvalue weighted by Gasteiger charge is -2.14. The van der Waals surface area contributed by atoms with Crippen molar-refractivity contribution in [3.05, 3.63) is 71.3 Å². The predicted octanol–water partition coefficient (Wildman–Crippen LogP) is 2.24. The maximum atomic E-state index is 11.9. The summed E-state index contributed by atoms with van der Waals surface area (Å²) in [5.41, 5.74) is 1.86. The predicted molar refractivity (Wildman–Crippen MR) is 91.5 cm³/mol. The van der Waals surface area contributed by atoms with Crippen molar-refractivity contribution in [1.29, 1.82) is 0 Å². The third-order valence-corrected chi connectivity index (χ3v) is 4.22. The zero-order valence-electron chi connectivity index (χ0n) is 13.4. The molecule has 0 unspecified atom stereocenters. The minimum Gasteiger partial charge on any atom is -0.465 e. The topological polar surface area (TPSA) is 63.7 Å². The van der Waals surface area contributed by atoms with Gasteiger partial charge in [-0.05, 0) is 35.7 Å². The highest BCUT2D eigenvalue weighted by Crippen LogP contribution is 2.08. The fraction of sp³-hybridized carbons (Fsp3) is 0.167. The molecule has 5 nitrogen and oxygen atoms in total. The van der Waals surface area contributed by atoms with E-state index in [1.54, 1.807) is 24.3 Å². The minimum atomic E-state index is -3.47. The fourth-order valence-corrected chi connectivity index (χ4v) is 2.52. The second kappa shape index (κ2) is 7.66. The number of esters is 1. The Hall–Kier alpha value is -2.78. The Morgan fingerprint density at radius 1 is 1.08 bits per heavy atom. The number of hydrogen-bond donors (Lipinski definition) is 0. The van der Waals surface area contributed by atoms with E-state index in [4.69, 9.17) is 0 Å². The van der Waals surface area contributed by atoms with Crippen molar-refractivity contribution in [3.63, 3.8) is 0 Å². The van der Waals surface area contributed by atoms with Crippen LogP contribution in [0.3, 0.4) is 0 Å². The van der Waals surface area contributed by atoms with Gasteiger partial charge in [0.2, 0.25) is 10.0 Å². The first-order chi connectivity index (χ1) is 11.4. The molecule has 6 heteroatoms. The van der Waals surface area contributed by atoms with Gasteiger partial charge in [0, 0.05) is 11.6 Å². The van der Waals surface area contributed by atoms with Crippen molar-refractivity contribution >= 4 is 16.0 Å². The zero-order chi connectivity index (χ0) is 17.6. The number of hydrogen-bond acceptors (Lipinski definition) is 4. The van der Waals surface area contributed by atoms with Gasteiger partial charge < -0.3 is 4.74 Å². The molecule has 0 aliphatic carbocycles. The molecule has 0 radical (unpaired) electrons. The van der Waals surface area contributed by atoms with Gasteiger partial charge in [-0.1, -0.05) is 30.3 Å². The van der Waals surface area contributed by atoms with Crippen LogP contribution in [0, 0.1) is 12.0 Å². The van der Waals surface area contributed by atoms with E-state index in [0.717, 1.165) is 16.1 Å². The molecule has 0 aliphatic rings. The average molecular weight is 343 g/mol. The maximum Gasteiger partial charge on any atom is 0.337 e. The molecule has 0 N–H and O–H groups in total. The van der Waals surface area contributed by atoms with Gasteiger partial charge in [-0.2, -0.15) is 0 Å². The first-order valence-electron chi connectivity index (χ1n) is 7.12. The summed E-state index contributed by atoms with van der Waals surface area (Å²) in [6.07, 6.45) is 1.12. The van der Waals surface area contributed by atoms with E-state index in [-0.39, 0.29) is 6.54 Å². The van der Waals surface area contributed by atoms with E-state index in [1.165, 1.54) is 7.11 Å². The third-order valence-electron chi connectivity index (χ3n) is 3.20. The van der Waals surface area contributed by atoms with Gasteiger partial charge in [0.25, 0.3) is 0 Å². The molecule has 0 saturated carbocycles. The Morgan fingerprint density at radius 2 is 1.71 bits per heavy atom. The maximum absolute atomic E-state index is 11.9. The van der Waals surface area contributed by atoms with Crippen LogP contribution in [0.25, 0.3) is 0 Å². The molecule has 0 heterocycles. The molecule has 0 amide bonds. The summed E-state index contributed by atoms with van der Waals surface area (Å²) in [7, 11) is -2.16. The van der Waals surface area contributed by atoms with Gasteiger partial charge >= 0.3 is 5.97 Å². The summed E-state index contributed by atoms with van der Waals surface area (Å²) in [5.74, 6) is 2.37. The van der Waals surface area contributed by atoms with E-state index in [9.17, 15) is 13.2 Å². The second-order valence-corrected chi connectivity index (χ2v) is 6.97. The summed E-state index contributed by atoms with van der Waals surface area (Å²) >= 11 is 0. The van der Waals surface area contributed by atoms with Crippen LogP contribution in [0.15, 0.2) is 54.6 Å². The molecule has 24 heavy (non-hydrogen) atoms. The highest BCUT2D eigenvalue weighted by atomic mass is 32.2. The Kier molecular flexibility index (Phi) is 5.61. The summed E-state index contributed by atoms with van der Waals surface area (Å²) in [4.78, 5) is 11.4. The SMILES string of the molecule is COC(=O)c1ccc(C#CN(Cc2ccccc2)S(C)(=O)=O)cc1. The summed E-state index contributed by atoms with van der Waals surface area (Å²) in [6, 6.07) is 18.3. The van der Waals surface area contributed by atoms with Gasteiger partial charge in [-0.25, -0.2) is 17.5 Å². The van der Waals surface area contributed by atoms with Crippen LogP contribution in [0.2, 0.25) is 0 Å². The van der Waals surface area contributed by atoms with Crippen LogP contribution < -0.4 is 0 Å². The molecule has 2 aromatic carbocycles. The summed E-state index contributed by atoms with van der Waals surface area (Å²) < 4.78 is 29.5. The van der Waals surface area contributed by atoms with Crippen LogP contribution >= 0.6 is 0 Å². The molecular weight excluding hydrogens is 326 g/mol. The molecule has 0 saturated heterocycles. The van der Waals surface area contributed by atoms with Crippen molar-refractivity contribution in [3.8, 4) is 12.0 Å². The molecule has 0 aliphatic heterocycles. The monoisotopic (exact) mass is 343 g/mol. The largest absolute Gasteiger partial charge is 0.465 e. The van der Waals surface area contributed by atoms with E-state index in [1.807, 2.05) is 30.3 Å². The Balaban J connectivity index is 2.22. The highest BCUT2D eigenvalue weighted by Gasteiger charge is 2.13. The normalized spacial score (nSPS) is 10.4. The van der Waals surface area contributed by atoms with Gasteiger partial charge in [-0.3, -0.25) is 0 Å². The molecule has 2 rings (SSSR count). The number of rotatable bonds is 4. The van der Waals surface area contributed by atoms with Crippen LogP contribution in [-0.4, -0.2) is 32.1 Å². The number of methoxy groups -OCH3 is 1. The third kappa shape index (κ3) is 4.86. The van der Waals surface area contributed by atoms with Crippen LogP contribution in [0.4, 0.5) is 0 Å². The smallest absolute Gasteiger partial charge is 0.337 e. The lowest BCUT2D eigenvalue weighted by Crippen LogP contribution is -2.24. The number of carbonyl (C=O) groups is 1. The lowest BCUT2D eigenvalue weighted by atomic mass is 10.1. The van der Waals surface area contributed by atoms with Crippen molar-refractivity contribution in [2.24, 2.45) is 0 Å². The standard InChI is InChI=1S/C18H17NO4S/c1-23-18(20)17-10-8-15(9-11-17)12-13-19(24(2,21)22)14-16-6-4-3-5-7-16/h3-11H,14H2,1-2H3. The van der Waals surface area contributed by atoms with Gasteiger partial charge in [0.05, 0.1) is 25.5 Å². The van der Waals surface area contributed by atoms with E-state index in [2.05, 4.69) is 16.7 Å². The van der Waals surface area contributed by atoms with Crippen molar-refractivity contribution < 1.29 is 17.9 Å². The molecular formula is C18H17NO4S. The molecule has 0 bridgehead atoms. The Labute approximate surface area is 141 Å². The molecule has 0 atom stereocenters. The first kappa shape index (κ1) is 17.6. The quantitative estimate of drug-likeness (QED) is 0.485. The zero-order valence-corrected chi connectivity index (χ0v) is 14.2. The molecule has 0 aromatic heterocycles. The molecule has 124 valence electrons. The molecule has 0 spiro atoms. The Bertz CT molecular complexity index is 863. The van der Waals surface area contributed by atoms with E-state index < -0.39 is 16.0 Å². The van der Waals surface area contributed by atoms with Crippen molar-refractivity contribution in [1.82, 2.24) is 4.31 Å². The number of benzene rings is 2. The highest BCUT2D eigenvalue weighted by molar-refractivity contribution is 7.88. The summed E-state index contributed by atoms with van der Waals surface area (Å²) in [5, 5.41) is 0. The van der Waals surface area contributed by atoms with Gasteiger partial charge in [-0.15, -0.1) is 0 Å². The lowest BCUT2D eigenvalue weighted by molar-refractivity contribution is 0.0600. The molecule has 2 aromatic rings. The van der Waals surface area contributed by atoms with E-state index in [0.29, 0.717) is 11.1 Å². The Morgan fingerprint density at radius 3 is 2.25 bits per heavy atom. The van der Waals surface area contributed by atoms with Gasteiger partial charge in [0.1, 0.15) is 0 Å². The van der Waals surface area contributed by atoms with Crippen LogP contribution in [0.5, 0.6) is 0 Å². The fourth-order valence-electron chi connectivity index (χ4n) is 1.92. The van der Waals surface area contributed by atoms with Crippen molar-refractivity contribution in [2.45, 2.75) is 6.54 Å². The number of nitrogens with zero attached hydrogens (tertiary/aromatic N) is 1. The average Bonchev–Trinajstić information content (AvgIpc) is 2.58. The second-order valence-electron chi connectivity index (χ2n) is 5.06. The van der Waals surface area contributed by atoms with Crippen molar-refractivity contribution in [2.75, 3.05) is 13.4 Å². The first-order valence-corrected chi connectivity index (χ1v) is 8.96.